The van der Waals surface area contributed by atoms with Crippen molar-refractivity contribution >= 4 is 5.69 Å². The second-order valence-corrected chi connectivity index (χ2v) is 5.80. The molecule has 0 saturated heterocycles. The molecule has 134 valence electrons. The number of hydrogen-bond donors (Lipinski definition) is 0. The van der Waals surface area contributed by atoms with Crippen LogP contribution in [-0.2, 0) is 13.1 Å². The number of methoxy groups -OCH3 is 1. The Morgan fingerprint density at radius 2 is 2.00 bits per heavy atom. The predicted octanol–water partition coefficient (Wildman–Crippen LogP) is 3.29. The molecule has 0 saturated carbocycles. The highest BCUT2D eigenvalue weighted by molar-refractivity contribution is 5.58. The van der Waals surface area contributed by atoms with Crippen LogP contribution >= 0.6 is 0 Å². The molecule has 2 aromatic carbocycles. The molecule has 26 heavy (non-hydrogen) atoms. The van der Waals surface area contributed by atoms with Crippen molar-refractivity contribution in [2.45, 2.75) is 13.1 Å². The van der Waals surface area contributed by atoms with Gasteiger partial charge in [0, 0.05) is 29.8 Å². The van der Waals surface area contributed by atoms with Crippen LogP contribution in [-0.4, -0.2) is 34.1 Å². The molecule has 0 N–H and O–H groups in total. The summed E-state index contributed by atoms with van der Waals surface area (Å²) in [4.78, 5) is 16.8. The third kappa shape index (κ3) is 4.04. The van der Waals surface area contributed by atoms with Crippen LogP contribution in [0.4, 0.5) is 5.69 Å². The number of rotatable bonds is 7. The van der Waals surface area contributed by atoms with Gasteiger partial charge >= 0.3 is 0 Å². The van der Waals surface area contributed by atoms with Gasteiger partial charge in [0.25, 0.3) is 5.69 Å². The van der Waals surface area contributed by atoms with E-state index in [1.807, 2.05) is 36.2 Å². The monoisotopic (exact) mass is 354 g/mol. The molecule has 0 aliphatic rings. The molecular formula is C18H18N4O4. The lowest BCUT2D eigenvalue weighted by molar-refractivity contribution is -0.384. The molecule has 0 bridgehead atoms. The minimum absolute atomic E-state index is 0.0119. The highest BCUT2D eigenvalue weighted by Crippen LogP contribution is 2.22. The largest absolute Gasteiger partial charge is 0.496 e. The van der Waals surface area contributed by atoms with Gasteiger partial charge in [0.1, 0.15) is 5.75 Å². The average Bonchev–Trinajstić information content (AvgIpc) is 3.10. The Bertz CT molecular complexity index is 909. The highest BCUT2D eigenvalue weighted by atomic mass is 16.6. The van der Waals surface area contributed by atoms with Gasteiger partial charge in [-0.2, -0.15) is 4.98 Å². The summed E-state index contributed by atoms with van der Waals surface area (Å²) in [6, 6.07) is 13.9. The van der Waals surface area contributed by atoms with Crippen LogP contribution in [0, 0.1) is 10.1 Å². The third-order valence-corrected chi connectivity index (χ3v) is 3.82. The molecule has 0 radical (unpaired) electrons. The molecule has 8 nitrogen and oxygen atoms in total. The maximum Gasteiger partial charge on any atom is 0.270 e. The molecule has 0 atom stereocenters. The number of nitro groups is 1. The van der Waals surface area contributed by atoms with Crippen LogP contribution in [0.3, 0.4) is 0 Å². The zero-order valence-corrected chi connectivity index (χ0v) is 14.5. The molecular weight excluding hydrogens is 336 g/mol. The van der Waals surface area contributed by atoms with Crippen LogP contribution in [0.15, 0.2) is 53.1 Å². The lowest BCUT2D eigenvalue weighted by Gasteiger charge is -2.16. The molecule has 0 unspecified atom stereocenters. The Morgan fingerprint density at radius 3 is 2.77 bits per heavy atom. The van der Waals surface area contributed by atoms with E-state index in [4.69, 9.17) is 9.26 Å². The lowest BCUT2D eigenvalue weighted by Crippen LogP contribution is -2.17. The fourth-order valence-electron chi connectivity index (χ4n) is 2.61. The maximum atomic E-state index is 10.9. The van der Waals surface area contributed by atoms with Gasteiger partial charge in [-0.1, -0.05) is 35.5 Å². The van der Waals surface area contributed by atoms with Crippen molar-refractivity contribution in [3.63, 3.8) is 0 Å². The Morgan fingerprint density at radius 1 is 1.19 bits per heavy atom. The zero-order valence-electron chi connectivity index (χ0n) is 14.5. The average molecular weight is 354 g/mol. The summed E-state index contributed by atoms with van der Waals surface area (Å²) >= 11 is 0. The third-order valence-electron chi connectivity index (χ3n) is 3.82. The van der Waals surface area contributed by atoms with Crippen LogP contribution < -0.4 is 4.74 Å². The number of aromatic nitrogens is 2. The van der Waals surface area contributed by atoms with Crippen LogP contribution in [0.25, 0.3) is 11.4 Å². The topological polar surface area (TPSA) is 94.5 Å². The van der Waals surface area contributed by atoms with Crippen molar-refractivity contribution in [1.82, 2.24) is 15.0 Å². The van der Waals surface area contributed by atoms with Gasteiger partial charge in [-0.05, 0) is 13.1 Å². The summed E-state index contributed by atoms with van der Waals surface area (Å²) in [7, 11) is 3.58. The normalized spacial score (nSPS) is 10.9. The minimum Gasteiger partial charge on any atom is -0.496 e. The summed E-state index contributed by atoms with van der Waals surface area (Å²) in [6.45, 7) is 1.10. The van der Waals surface area contributed by atoms with E-state index < -0.39 is 4.92 Å². The van der Waals surface area contributed by atoms with Crippen LogP contribution in [0.5, 0.6) is 5.75 Å². The van der Waals surface area contributed by atoms with Crippen molar-refractivity contribution in [2.75, 3.05) is 14.2 Å². The fraction of sp³-hybridized carbons (Fsp3) is 0.222. The molecule has 0 spiro atoms. The Labute approximate surface area is 150 Å². The van der Waals surface area contributed by atoms with Gasteiger partial charge in [-0.3, -0.25) is 15.0 Å². The second-order valence-electron chi connectivity index (χ2n) is 5.80. The molecule has 3 aromatic rings. The standard InChI is InChI=1S/C18H18N4O4/c1-21(11-14-6-3-4-9-16(14)25-2)12-17-19-18(20-26-17)13-7-5-8-15(10-13)22(23)24/h3-10H,11-12H2,1-2H3. The van der Waals surface area contributed by atoms with E-state index in [-0.39, 0.29) is 5.69 Å². The van der Waals surface area contributed by atoms with E-state index in [2.05, 4.69) is 10.1 Å². The number of benzene rings is 2. The maximum absolute atomic E-state index is 10.9. The van der Waals surface area contributed by atoms with Crippen molar-refractivity contribution in [3.8, 4) is 17.1 Å². The summed E-state index contributed by atoms with van der Waals surface area (Å²) in [5, 5.41) is 14.8. The van der Waals surface area contributed by atoms with Gasteiger partial charge in [0.05, 0.1) is 18.6 Å². The van der Waals surface area contributed by atoms with Gasteiger partial charge in [-0.15, -0.1) is 0 Å². The SMILES string of the molecule is COc1ccccc1CN(C)Cc1nc(-c2cccc([N+](=O)[O-])c2)no1. The Hall–Kier alpha value is -3.26. The predicted molar refractivity (Wildman–Crippen MR) is 94.6 cm³/mol. The summed E-state index contributed by atoms with van der Waals surface area (Å²) in [5.41, 5.74) is 1.58. The van der Waals surface area contributed by atoms with Crippen molar-refractivity contribution in [2.24, 2.45) is 0 Å². The van der Waals surface area contributed by atoms with E-state index >= 15 is 0 Å². The van der Waals surface area contributed by atoms with Gasteiger partial charge < -0.3 is 9.26 Å². The molecule has 1 heterocycles. The number of hydrogen-bond acceptors (Lipinski definition) is 7. The number of para-hydroxylation sites is 1. The first-order chi connectivity index (χ1) is 12.6. The molecule has 1 aromatic heterocycles. The fourth-order valence-corrected chi connectivity index (χ4v) is 2.61. The van der Waals surface area contributed by atoms with E-state index in [1.165, 1.54) is 12.1 Å². The van der Waals surface area contributed by atoms with E-state index in [0.717, 1.165) is 11.3 Å². The number of nitro benzene ring substituents is 1. The molecule has 0 aliphatic heterocycles. The number of non-ortho nitro benzene ring substituents is 1. The Kier molecular flexibility index (Phi) is 5.23. The van der Waals surface area contributed by atoms with E-state index in [0.29, 0.717) is 30.4 Å². The lowest BCUT2D eigenvalue weighted by atomic mass is 10.2. The molecule has 8 heteroatoms. The first kappa shape index (κ1) is 17.6. The molecule has 0 fully saturated rings. The van der Waals surface area contributed by atoms with Crippen molar-refractivity contribution in [3.05, 3.63) is 70.1 Å². The smallest absolute Gasteiger partial charge is 0.270 e. The first-order valence-electron chi connectivity index (χ1n) is 7.94. The zero-order chi connectivity index (χ0) is 18.5. The molecule has 3 rings (SSSR count). The number of nitrogens with zero attached hydrogens (tertiary/aromatic N) is 4. The van der Waals surface area contributed by atoms with E-state index in [9.17, 15) is 10.1 Å². The minimum atomic E-state index is -0.453. The van der Waals surface area contributed by atoms with Gasteiger partial charge in [-0.25, -0.2) is 0 Å². The first-order valence-corrected chi connectivity index (χ1v) is 7.94. The highest BCUT2D eigenvalue weighted by Gasteiger charge is 2.14. The van der Waals surface area contributed by atoms with Crippen molar-refractivity contribution < 1.29 is 14.2 Å². The van der Waals surface area contributed by atoms with E-state index in [1.54, 1.807) is 19.2 Å². The molecule has 0 amide bonds. The van der Waals surface area contributed by atoms with Crippen LogP contribution in [0.2, 0.25) is 0 Å². The Balaban J connectivity index is 1.70. The van der Waals surface area contributed by atoms with Gasteiger partial charge in [0.2, 0.25) is 11.7 Å². The summed E-state index contributed by atoms with van der Waals surface area (Å²) in [5.74, 6) is 1.58. The quantitative estimate of drug-likeness (QED) is 0.474. The van der Waals surface area contributed by atoms with Gasteiger partial charge in [0.15, 0.2) is 0 Å². The van der Waals surface area contributed by atoms with Crippen LogP contribution in [0.1, 0.15) is 11.5 Å². The summed E-state index contributed by atoms with van der Waals surface area (Å²) in [6.07, 6.45) is 0. The number of ether oxygens (including phenoxy) is 1. The summed E-state index contributed by atoms with van der Waals surface area (Å²) < 4.78 is 10.6. The second kappa shape index (κ2) is 7.75. The van der Waals surface area contributed by atoms with Crippen molar-refractivity contribution in [1.29, 1.82) is 0 Å². The molecule has 0 aliphatic carbocycles.